The summed E-state index contributed by atoms with van der Waals surface area (Å²) in [5.41, 5.74) is 5.56. The van der Waals surface area contributed by atoms with E-state index in [2.05, 4.69) is 43.0 Å². The summed E-state index contributed by atoms with van der Waals surface area (Å²) >= 11 is 0. The van der Waals surface area contributed by atoms with E-state index in [9.17, 15) is 4.79 Å². The van der Waals surface area contributed by atoms with Gasteiger partial charge in [0.2, 0.25) is 0 Å². The summed E-state index contributed by atoms with van der Waals surface area (Å²) in [7, 11) is 0. The Morgan fingerprint density at radius 1 is 1.00 bits per heavy atom. The number of hydrogen-bond donors (Lipinski definition) is 0. The maximum atomic E-state index is 12.6. The average molecular weight is 411 g/mol. The monoisotopic (exact) mass is 411 g/mol. The van der Waals surface area contributed by atoms with Gasteiger partial charge in [0.15, 0.2) is 5.78 Å². The lowest BCUT2D eigenvalue weighted by Gasteiger charge is -2.01. The number of imidazole rings is 2. The molecule has 0 amide bonds. The zero-order valence-electron chi connectivity index (χ0n) is 16.9. The first-order chi connectivity index (χ1) is 15.2. The molecule has 0 spiro atoms. The van der Waals surface area contributed by atoms with Crippen molar-refractivity contribution >= 4 is 17.1 Å². The fourth-order valence-electron chi connectivity index (χ4n) is 3.97. The van der Waals surface area contributed by atoms with Gasteiger partial charge in [-0.15, -0.1) is 5.10 Å². The lowest BCUT2D eigenvalue weighted by Crippen LogP contribution is -2.03. The molecule has 0 aliphatic heterocycles. The maximum Gasteiger partial charge on any atom is 0.185 e. The second kappa shape index (κ2) is 7.16. The number of aromatic nitrogens is 7. The summed E-state index contributed by atoms with van der Waals surface area (Å²) in [5, 5.41) is 8.21. The molecule has 8 nitrogen and oxygen atoms in total. The van der Waals surface area contributed by atoms with Crippen LogP contribution in [0.2, 0.25) is 0 Å². The molecule has 0 bridgehead atoms. The summed E-state index contributed by atoms with van der Waals surface area (Å²) < 4.78 is 5.70. The number of nitrogens with zero attached hydrogens (tertiary/aromatic N) is 7. The molecule has 1 aliphatic carbocycles. The SMILES string of the molecule is O=C(CCc1ccc2nccn2c1)c1cn(Cc2cn3cc(C4CC4)ccc3n2)nn1. The normalized spacial score (nSPS) is 13.9. The van der Waals surface area contributed by atoms with Crippen molar-refractivity contribution in [3.8, 4) is 0 Å². The Hall–Kier alpha value is -3.81. The van der Waals surface area contributed by atoms with Crippen molar-refractivity contribution in [2.45, 2.75) is 38.1 Å². The van der Waals surface area contributed by atoms with Crippen LogP contribution >= 0.6 is 0 Å². The number of Topliss-reactive ketones (excluding diaryl/α,β-unsaturated/α-hetero) is 1. The third-order valence-electron chi connectivity index (χ3n) is 5.81. The number of aryl methyl sites for hydroxylation is 1. The van der Waals surface area contributed by atoms with Gasteiger partial charge in [-0.25, -0.2) is 14.6 Å². The minimum absolute atomic E-state index is 0.0129. The molecule has 0 aromatic carbocycles. The smallest absolute Gasteiger partial charge is 0.185 e. The average Bonchev–Trinajstić information content (AvgIpc) is 3.17. The highest BCUT2D eigenvalue weighted by Gasteiger charge is 2.23. The van der Waals surface area contributed by atoms with Crippen LogP contribution in [0.5, 0.6) is 0 Å². The third kappa shape index (κ3) is 3.61. The number of carbonyl (C=O) groups excluding carboxylic acids is 1. The lowest BCUT2D eigenvalue weighted by molar-refractivity contribution is 0.0978. The van der Waals surface area contributed by atoms with Gasteiger partial charge in [-0.2, -0.15) is 0 Å². The van der Waals surface area contributed by atoms with E-state index < -0.39 is 0 Å². The fourth-order valence-corrected chi connectivity index (χ4v) is 3.97. The zero-order valence-corrected chi connectivity index (χ0v) is 16.9. The number of rotatable bonds is 7. The molecule has 1 fully saturated rings. The van der Waals surface area contributed by atoms with Crippen LogP contribution in [0.1, 0.15) is 52.5 Å². The van der Waals surface area contributed by atoms with Crippen LogP contribution in [-0.4, -0.2) is 39.5 Å². The Balaban J connectivity index is 1.12. The summed E-state index contributed by atoms with van der Waals surface area (Å²) in [6, 6.07) is 8.19. The van der Waals surface area contributed by atoms with E-state index in [-0.39, 0.29) is 5.78 Å². The van der Waals surface area contributed by atoms with Crippen molar-refractivity contribution in [3.63, 3.8) is 0 Å². The number of carbonyl (C=O) groups is 1. The minimum atomic E-state index is -0.0129. The Kier molecular flexibility index (Phi) is 4.15. The first kappa shape index (κ1) is 18.0. The van der Waals surface area contributed by atoms with Crippen LogP contribution < -0.4 is 0 Å². The van der Waals surface area contributed by atoms with E-state index in [1.54, 1.807) is 17.1 Å². The van der Waals surface area contributed by atoms with Crippen molar-refractivity contribution in [2.75, 3.05) is 0 Å². The van der Waals surface area contributed by atoms with Crippen LogP contribution in [0, 0.1) is 0 Å². The van der Waals surface area contributed by atoms with E-state index in [1.807, 2.05) is 35.1 Å². The molecule has 6 rings (SSSR count). The molecule has 5 aromatic heterocycles. The summed E-state index contributed by atoms with van der Waals surface area (Å²) in [4.78, 5) is 21.5. The molecule has 0 saturated heterocycles. The number of pyridine rings is 2. The maximum absolute atomic E-state index is 12.6. The largest absolute Gasteiger partial charge is 0.307 e. The molecule has 5 aromatic rings. The summed E-state index contributed by atoms with van der Waals surface area (Å²) in [5.74, 6) is 0.696. The van der Waals surface area contributed by atoms with Crippen LogP contribution in [0.15, 0.2) is 61.4 Å². The predicted molar refractivity (Wildman–Crippen MR) is 114 cm³/mol. The first-order valence-corrected chi connectivity index (χ1v) is 10.5. The molecule has 154 valence electrons. The van der Waals surface area contributed by atoms with E-state index >= 15 is 0 Å². The Morgan fingerprint density at radius 2 is 1.90 bits per heavy atom. The predicted octanol–water partition coefficient (Wildman–Crippen LogP) is 3.31. The number of ketones is 1. The van der Waals surface area contributed by atoms with Crippen molar-refractivity contribution in [1.29, 1.82) is 0 Å². The number of hydrogen-bond acceptors (Lipinski definition) is 5. The fraction of sp³-hybridized carbons (Fsp3) is 0.261. The van der Waals surface area contributed by atoms with E-state index in [0.29, 0.717) is 31.0 Å². The van der Waals surface area contributed by atoms with Crippen LogP contribution in [0.25, 0.3) is 11.3 Å². The third-order valence-corrected chi connectivity index (χ3v) is 5.81. The summed E-state index contributed by atoms with van der Waals surface area (Å²) in [6.45, 7) is 0.484. The van der Waals surface area contributed by atoms with E-state index in [4.69, 9.17) is 0 Å². The molecule has 31 heavy (non-hydrogen) atoms. The number of fused-ring (bicyclic) bond motifs is 2. The molecule has 0 radical (unpaired) electrons. The molecule has 1 saturated carbocycles. The van der Waals surface area contributed by atoms with Crippen LogP contribution in [-0.2, 0) is 13.0 Å². The quantitative estimate of drug-likeness (QED) is 0.384. The van der Waals surface area contributed by atoms with Crippen LogP contribution in [0.4, 0.5) is 0 Å². The lowest BCUT2D eigenvalue weighted by atomic mass is 10.1. The van der Waals surface area contributed by atoms with Crippen LogP contribution in [0.3, 0.4) is 0 Å². The van der Waals surface area contributed by atoms with Gasteiger partial charge in [0.1, 0.15) is 17.0 Å². The molecular weight excluding hydrogens is 390 g/mol. The molecule has 8 heteroatoms. The van der Waals surface area contributed by atoms with Gasteiger partial charge in [0.25, 0.3) is 0 Å². The molecular formula is C23H21N7O. The Morgan fingerprint density at radius 3 is 2.81 bits per heavy atom. The Labute approximate surface area is 178 Å². The van der Waals surface area contributed by atoms with Crippen molar-refractivity contribution in [1.82, 2.24) is 33.8 Å². The first-order valence-electron chi connectivity index (χ1n) is 10.5. The molecule has 0 N–H and O–H groups in total. The molecule has 5 heterocycles. The molecule has 0 unspecified atom stereocenters. The molecule has 0 atom stereocenters. The van der Waals surface area contributed by atoms with Gasteiger partial charge in [-0.05, 0) is 48.4 Å². The van der Waals surface area contributed by atoms with Crippen molar-refractivity contribution in [3.05, 3.63) is 84.0 Å². The standard InChI is InChI=1S/C23H21N7O/c31-21(6-1-16-2-7-22-24-9-10-28(22)11-16)20-15-30(27-26-20)14-19-13-29-12-18(17-3-4-17)5-8-23(29)25-19/h2,5,7-13,15,17H,1,3-4,6,14H2. The van der Waals surface area contributed by atoms with E-state index in [0.717, 1.165) is 22.6 Å². The van der Waals surface area contributed by atoms with Gasteiger partial charge < -0.3 is 8.80 Å². The summed E-state index contributed by atoms with van der Waals surface area (Å²) in [6.07, 6.45) is 15.2. The van der Waals surface area contributed by atoms with Gasteiger partial charge >= 0.3 is 0 Å². The second-order valence-corrected chi connectivity index (χ2v) is 8.19. The van der Waals surface area contributed by atoms with Gasteiger partial charge in [-0.3, -0.25) is 4.79 Å². The van der Waals surface area contributed by atoms with Crippen molar-refractivity contribution in [2.24, 2.45) is 0 Å². The van der Waals surface area contributed by atoms with Gasteiger partial charge in [-0.1, -0.05) is 17.3 Å². The van der Waals surface area contributed by atoms with Crippen molar-refractivity contribution < 1.29 is 4.79 Å². The zero-order chi connectivity index (χ0) is 20.8. The highest BCUT2D eigenvalue weighted by Crippen LogP contribution is 2.39. The minimum Gasteiger partial charge on any atom is -0.307 e. The van der Waals surface area contributed by atoms with E-state index in [1.165, 1.54) is 18.4 Å². The Bertz CT molecular complexity index is 1410. The highest BCUT2D eigenvalue weighted by molar-refractivity contribution is 5.93. The topological polar surface area (TPSA) is 82.4 Å². The highest BCUT2D eigenvalue weighted by atomic mass is 16.1. The molecule has 1 aliphatic rings. The second-order valence-electron chi connectivity index (χ2n) is 8.19. The van der Waals surface area contributed by atoms with Gasteiger partial charge in [0.05, 0.1) is 18.4 Å². The van der Waals surface area contributed by atoms with Gasteiger partial charge in [0, 0.05) is 37.4 Å².